The average molecular weight is 271 g/mol. The van der Waals surface area contributed by atoms with E-state index in [1.807, 2.05) is 16.8 Å². The van der Waals surface area contributed by atoms with Gasteiger partial charge >= 0.3 is 0 Å². The lowest BCUT2D eigenvalue weighted by Gasteiger charge is -2.12. The van der Waals surface area contributed by atoms with Crippen LogP contribution in [0.2, 0.25) is 4.34 Å². The van der Waals surface area contributed by atoms with Crippen LogP contribution >= 0.6 is 22.9 Å². The number of thiophene rings is 1. The minimum absolute atomic E-state index is 0.0748. The predicted molar refractivity (Wildman–Crippen MR) is 70.4 cm³/mol. The van der Waals surface area contributed by atoms with Gasteiger partial charge in [0.05, 0.1) is 4.34 Å². The van der Waals surface area contributed by atoms with Crippen molar-refractivity contribution in [2.24, 2.45) is 5.73 Å². The topological polar surface area (TPSA) is 56.7 Å². The predicted octanol–water partition coefficient (Wildman–Crippen LogP) is 2.82. The molecule has 1 atom stereocenters. The monoisotopic (exact) mass is 270 g/mol. The van der Waals surface area contributed by atoms with Gasteiger partial charge in [0.1, 0.15) is 12.2 Å². The lowest BCUT2D eigenvalue weighted by atomic mass is 10.2. The Morgan fingerprint density at radius 2 is 2.24 bits per heavy atom. The van der Waals surface area contributed by atoms with Crippen LogP contribution in [0.4, 0.5) is 0 Å². The molecular weight excluding hydrogens is 256 g/mol. The highest BCUT2D eigenvalue weighted by Gasteiger charge is 2.14. The first kappa shape index (κ1) is 12.5. The zero-order valence-corrected chi connectivity index (χ0v) is 11.4. The smallest absolute Gasteiger partial charge is 0.138 e. The van der Waals surface area contributed by atoms with Crippen LogP contribution in [0, 0.1) is 0 Å². The van der Waals surface area contributed by atoms with E-state index in [9.17, 15) is 0 Å². The van der Waals surface area contributed by atoms with Crippen LogP contribution in [0.1, 0.15) is 36.6 Å². The Hall–Kier alpha value is -0.910. The normalized spacial score (nSPS) is 13.2. The van der Waals surface area contributed by atoms with Gasteiger partial charge in [-0.3, -0.25) is 0 Å². The highest BCUT2D eigenvalue weighted by Crippen LogP contribution is 2.27. The van der Waals surface area contributed by atoms with Gasteiger partial charge in [0.2, 0.25) is 0 Å². The number of hydrogen-bond donors (Lipinski definition) is 1. The summed E-state index contributed by atoms with van der Waals surface area (Å²) in [6.45, 7) is 4.15. The van der Waals surface area contributed by atoms with Crippen molar-refractivity contribution in [3.8, 4) is 0 Å². The molecule has 0 fully saturated rings. The van der Waals surface area contributed by atoms with Gasteiger partial charge in [-0.15, -0.1) is 11.3 Å². The van der Waals surface area contributed by atoms with Crippen LogP contribution in [-0.2, 0) is 6.42 Å². The van der Waals surface area contributed by atoms with E-state index in [1.54, 1.807) is 6.33 Å². The largest absolute Gasteiger partial charge is 0.323 e. The molecule has 0 radical (unpaired) electrons. The van der Waals surface area contributed by atoms with E-state index in [-0.39, 0.29) is 6.04 Å². The molecule has 1 unspecified atom stereocenters. The summed E-state index contributed by atoms with van der Waals surface area (Å²) in [5.41, 5.74) is 6.14. The summed E-state index contributed by atoms with van der Waals surface area (Å²) in [5, 5.41) is 4.19. The molecule has 92 valence electrons. The second-order valence-corrected chi connectivity index (χ2v) is 5.91. The Balaban J connectivity index is 2.13. The molecule has 0 aromatic carbocycles. The fraction of sp³-hybridized carbons (Fsp3) is 0.455. The van der Waals surface area contributed by atoms with Gasteiger partial charge in [-0.05, 0) is 26.0 Å². The zero-order chi connectivity index (χ0) is 12.4. The van der Waals surface area contributed by atoms with E-state index in [1.165, 1.54) is 11.3 Å². The standard InChI is InChI=1S/C11H15ClN4S/c1-7(2)16-11(14-6-15-16)5-8(13)9-3-4-10(12)17-9/h3-4,6-8H,5,13H2,1-2H3. The van der Waals surface area contributed by atoms with Crippen LogP contribution in [0.25, 0.3) is 0 Å². The Morgan fingerprint density at radius 3 is 2.82 bits per heavy atom. The maximum Gasteiger partial charge on any atom is 0.138 e. The van der Waals surface area contributed by atoms with Crippen LogP contribution in [0.15, 0.2) is 18.5 Å². The summed E-state index contributed by atoms with van der Waals surface area (Å²) < 4.78 is 2.66. The third kappa shape index (κ3) is 2.86. The molecular formula is C11H15ClN4S. The van der Waals surface area contributed by atoms with Crippen molar-refractivity contribution in [3.63, 3.8) is 0 Å². The molecule has 6 heteroatoms. The summed E-state index contributed by atoms with van der Waals surface area (Å²) in [7, 11) is 0. The maximum absolute atomic E-state index is 6.14. The lowest BCUT2D eigenvalue weighted by Crippen LogP contribution is -2.17. The fourth-order valence-electron chi connectivity index (χ4n) is 1.68. The molecule has 2 N–H and O–H groups in total. The van der Waals surface area contributed by atoms with Gasteiger partial charge in [-0.2, -0.15) is 5.10 Å². The van der Waals surface area contributed by atoms with Crippen LogP contribution in [0.5, 0.6) is 0 Å². The first-order valence-electron chi connectivity index (χ1n) is 5.47. The second-order valence-electron chi connectivity index (χ2n) is 4.17. The summed E-state index contributed by atoms with van der Waals surface area (Å²) in [6.07, 6.45) is 2.25. The van der Waals surface area contributed by atoms with E-state index in [4.69, 9.17) is 17.3 Å². The molecule has 2 heterocycles. The summed E-state index contributed by atoms with van der Waals surface area (Å²) in [6, 6.07) is 4.06. The van der Waals surface area contributed by atoms with Gasteiger partial charge in [0.25, 0.3) is 0 Å². The molecule has 0 spiro atoms. The first-order valence-corrected chi connectivity index (χ1v) is 6.66. The van der Waals surface area contributed by atoms with Crippen LogP contribution in [0.3, 0.4) is 0 Å². The first-order chi connectivity index (χ1) is 8.08. The highest BCUT2D eigenvalue weighted by atomic mass is 35.5. The number of nitrogens with two attached hydrogens (primary N) is 1. The zero-order valence-electron chi connectivity index (χ0n) is 9.80. The molecule has 0 saturated heterocycles. The summed E-state index contributed by atoms with van der Waals surface area (Å²) >= 11 is 7.41. The molecule has 4 nitrogen and oxygen atoms in total. The molecule has 0 aliphatic heterocycles. The second kappa shape index (κ2) is 5.16. The Labute approximate surface area is 109 Å². The van der Waals surface area contributed by atoms with E-state index < -0.39 is 0 Å². The van der Waals surface area contributed by atoms with Gasteiger partial charge in [0, 0.05) is 23.4 Å². The van der Waals surface area contributed by atoms with Crippen molar-refractivity contribution in [2.45, 2.75) is 32.4 Å². The van der Waals surface area contributed by atoms with E-state index in [0.717, 1.165) is 15.0 Å². The molecule has 0 aliphatic carbocycles. The number of rotatable bonds is 4. The van der Waals surface area contributed by atoms with E-state index >= 15 is 0 Å². The quantitative estimate of drug-likeness (QED) is 0.929. The number of aromatic nitrogens is 3. The van der Waals surface area contributed by atoms with Crippen molar-refractivity contribution < 1.29 is 0 Å². The van der Waals surface area contributed by atoms with Gasteiger partial charge in [0.15, 0.2) is 0 Å². The fourth-order valence-corrected chi connectivity index (χ4v) is 2.74. The summed E-state index contributed by atoms with van der Waals surface area (Å²) in [4.78, 5) is 5.33. The van der Waals surface area contributed by atoms with Crippen LogP contribution in [-0.4, -0.2) is 14.8 Å². The van der Waals surface area contributed by atoms with Crippen molar-refractivity contribution in [1.29, 1.82) is 0 Å². The molecule has 2 aromatic rings. The molecule has 17 heavy (non-hydrogen) atoms. The molecule has 0 amide bonds. The lowest BCUT2D eigenvalue weighted by molar-refractivity contribution is 0.494. The third-order valence-corrected chi connectivity index (χ3v) is 3.86. The molecule has 0 bridgehead atoms. The molecule has 0 aliphatic rings. The van der Waals surface area contributed by atoms with Crippen molar-refractivity contribution in [2.75, 3.05) is 0 Å². The highest BCUT2D eigenvalue weighted by molar-refractivity contribution is 7.16. The number of hydrogen-bond acceptors (Lipinski definition) is 4. The SMILES string of the molecule is CC(C)n1ncnc1CC(N)c1ccc(Cl)s1. The Morgan fingerprint density at radius 1 is 1.47 bits per heavy atom. The van der Waals surface area contributed by atoms with Crippen molar-refractivity contribution >= 4 is 22.9 Å². The van der Waals surface area contributed by atoms with Crippen molar-refractivity contribution in [1.82, 2.24) is 14.8 Å². The Bertz CT molecular complexity index is 491. The van der Waals surface area contributed by atoms with E-state index in [2.05, 4.69) is 23.9 Å². The third-order valence-electron chi connectivity index (χ3n) is 2.50. The number of halogens is 1. The van der Waals surface area contributed by atoms with Gasteiger partial charge in [-0.1, -0.05) is 11.6 Å². The molecule has 2 rings (SSSR count). The van der Waals surface area contributed by atoms with E-state index in [0.29, 0.717) is 12.5 Å². The molecule has 0 saturated carbocycles. The number of nitrogens with zero attached hydrogens (tertiary/aromatic N) is 3. The van der Waals surface area contributed by atoms with Crippen molar-refractivity contribution in [3.05, 3.63) is 33.5 Å². The van der Waals surface area contributed by atoms with Gasteiger partial charge in [-0.25, -0.2) is 9.67 Å². The summed E-state index contributed by atoms with van der Waals surface area (Å²) in [5.74, 6) is 0.914. The average Bonchev–Trinajstić information content (AvgIpc) is 2.86. The van der Waals surface area contributed by atoms with Crippen LogP contribution < -0.4 is 5.73 Å². The van der Waals surface area contributed by atoms with Gasteiger partial charge < -0.3 is 5.73 Å². The Kier molecular flexibility index (Phi) is 3.81. The minimum Gasteiger partial charge on any atom is -0.323 e. The minimum atomic E-state index is -0.0748. The maximum atomic E-state index is 6.14. The molecule has 2 aromatic heterocycles.